The third kappa shape index (κ3) is 4.93. The van der Waals surface area contributed by atoms with Crippen molar-refractivity contribution in [1.82, 2.24) is 20.0 Å². The van der Waals surface area contributed by atoms with E-state index in [1.54, 1.807) is 16.9 Å². The fourth-order valence-corrected chi connectivity index (χ4v) is 2.80. The van der Waals surface area contributed by atoms with Crippen molar-refractivity contribution >= 4 is 30.7 Å². The van der Waals surface area contributed by atoms with Crippen LogP contribution in [-0.2, 0) is 11.3 Å². The molecular formula is C16H21Cl2FN4O. The van der Waals surface area contributed by atoms with E-state index in [2.05, 4.69) is 10.4 Å². The summed E-state index contributed by atoms with van der Waals surface area (Å²) in [6.07, 6.45) is 3.94. The minimum Gasteiger partial charge on any atom is -0.333 e. The minimum atomic E-state index is -0.271. The second-order valence-electron chi connectivity index (χ2n) is 5.38. The van der Waals surface area contributed by atoms with Crippen LogP contribution in [0.15, 0.2) is 42.7 Å². The molecule has 0 spiro atoms. The van der Waals surface area contributed by atoms with Crippen molar-refractivity contribution in [2.75, 3.05) is 19.6 Å². The average Bonchev–Trinajstić information content (AvgIpc) is 3.06. The van der Waals surface area contributed by atoms with Gasteiger partial charge in [0.2, 0.25) is 5.91 Å². The van der Waals surface area contributed by atoms with Crippen LogP contribution in [0.2, 0.25) is 0 Å². The van der Waals surface area contributed by atoms with E-state index in [1.165, 1.54) is 12.1 Å². The highest BCUT2D eigenvalue weighted by Gasteiger charge is 2.27. The summed E-state index contributed by atoms with van der Waals surface area (Å²) in [4.78, 5) is 14.4. The van der Waals surface area contributed by atoms with Gasteiger partial charge in [-0.05, 0) is 23.8 Å². The molecule has 1 fully saturated rings. The Morgan fingerprint density at radius 1 is 1.33 bits per heavy atom. The van der Waals surface area contributed by atoms with Gasteiger partial charge in [0, 0.05) is 45.0 Å². The maximum absolute atomic E-state index is 13.4. The Labute approximate surface area is 153 Å². The number of aryl methyl sites for hydroxylation is 1. The molecule has 1 atom stereocenters. The summed E-state index contributed by atoms with van der Waals surface area (Å²) in [6.45, 7) is 2.61. The van der Waals surface area contributed by atoms with Gasteiger partial charge in [0.1, 0.15) is 5.82 Å². The zero-order valence-corrected chi connectivity index (χ0v) is 14.7. The average molecular weight is 375 g/mol. The van der Waals surface area contributed by atoms with E-state index < -0.39 is 0 Å². The molecule has 1 aromatic heterocycles. The largest absolute Gasteiger partial charge is 0.333 e. The Morgan fingerprint density at radius 3 is 2.88 bits per heavy atom. The van der Waals surface area contributed by atoms with Gasteiger partial charge in [-0.15, -0.1) is 24.8 Å². The van der Waals surface area contributed by atoms with Gasteiger partial charge in [-0.25, -0.2) is 4.39 Å². The standard InChI is InChI=1S/C16H19FN4O.2ClH/c17-14-4-1-3-13(11-14)15-12-18-7-10-21(15)16(22)5-9-20-8-2-6-19-20;;/h1-4,6,8,11,15,18H,5,7,9-10,12H2;2*1H. The van der Waals surface area contributed by atoms with Crippen LogP contribution < -0.4 is 5.32 Å². The molecule has 0 radical (unpaired) electrons. The zero-order chi connectivity index (χ0) is 15.4. The smallest absolute Gasteiger partial charge is 0.225 e. The van der Waals surface area contributed by atoms with Gasteiger partial charge in [-0.1, -0.05) is 12.1 Å². The summed E-state index contributed by atoms with van der Waals surface area (Å²) in [6, 6.07) is 8.20. The van der Waals surface area contributed by atoms with Gasteiger partial charge in [-0.2, -0.15) is 5.10 Å². The van der Waals surface area contributed by atoms with Crippen molar-refractivity contribution in [2.24, 2.45) is 0 Å². The molecule has 1 aromatic carbocycles. The first-order valence-corrected chi connectivity index (χ1v) is 7.47. The van der Waals surface area contributed by atoms with Crippen molar-refractivity contribution in [3.8, 4) is 0 Å². The van der Waals surface area contributed by atoms with Gasteiger partial charge >= 0.3 is 0 Å². The number of carbonyl (C=O) groups is 1. The number of carbonyl (C=O) groups excluding carboxylic acids is 1. The van der Waals surface area contributed by atoms with E-state index in [9.17, 15) is 9.18 Å². The number of hydrogen-bond acceptors (Lipinski definition) is 3. The number of aromatic nitrogens is 2. The first-order valence-electron chi connectivity index (χ1n) is 7.47. The fourth-order valence-electron chi connectivity index (χ4n) is 2.80. The van der Waals surface area contributed by atoms with E-state index in [1.807, 2.05) is 23.2 Å². The summed E-state index contributed by atoms with van der Waals surface area (Å²) < 4.78 is 15.2. The maximum Gasteiger partial charge on any atom is 0.225 e. The second-order valence-corrected chi connectivity index (χ2v) is 5.38. The zero-order valence-electron chi connectivity index (χ0n) is 13.1. The second kappa shape index (κ2) is 9.61. The summed E-state index contributed by atoms with van der Waals surface area (Å²) >= 11 is 0. The quantitative estimate of drug-likeness (QED) is 0.893. The van der Waals surface area contributed by atoms with Crippen LogP contribution in [0.25, 0.3) is 0 Å². The van der Waals surface area contributed by atoms with Crippen LogP contribution in [0.1, 0.15) is 18.0 Å². The van der Waals surface area contributed by atoms with E-state index in [0.29, 0.717) is 26.1 Å². The van der Waals surface area contributed by atoms with E-state index in [4.69, 9.17) is 0 Å². The molecule has 2 aromatic rings. The molecule has 0 saturated carbocycles. The lowest BCUT2D eigenvalue weighted by Gasteiger charge is -2.36. The molecule has 1 unspecified atom stereocenters. The van der Waals surface area contributed by atoms with Crippen molar-refractivity contribution in [2.45, 2.75) is 19.0 Å². The molecule has 2 heterocycles. The van der Waals surface area contributed by atoms with Crippen LogP contribution >= 0.6 is 24.8 Å². The molecule has 5 nitrogen and oxygen atoms in total. The predicted molar refractivity (Wildman–Crippen MR) is 95.1 cm³/mol. The normalized spacial score (nSPS) is 16.9. The molecule has 3 rings (SSSR count). The number of benzene rings is 1. The Morgan fingerprint density at radius 2 is 2.17 bits per heavy atom. The number of amides is 1. The molecule has 1 aliphatic rings. The molecule has 0 bridgehead atoms. The third-order valence-electron chi connectivity index (χ3n) is 3.91. The molecule has 1 amide bonds. The van der Waals surface area contributed by atoms with Crippen molar-refractivity contribution in [3.63, 3.8) is 0 Å². The lowest BCUT2D eigenvalue weighted by atomic mass is 10.0. The van der Waals surface area contributed by atoms with Crippen molar-refractivity contribution in [3.05, 3.63) is 54.1 Å². The summed E-state index contributed by atoms with van der Waals surface area (Å²) in [7, 11) is 0. The maximum atomic E-state index is 13.4. The van der Waals surface area contributed by atoms with E-state index in [-0.39, 0.29) is 42.6 Å². The van der Waals surface area contributed by atoms with Crippen LogP contribution in [0.3, 0.4) is 0 Å². The minimum absolute atomic E-state index is 0. The van der Waals surface area contributed by atoms with Crippen molar-refractivity contribution in [1.29, 1.82) is 0 Å². The number of piperazine rings is 1. The van der Waals surface area contributed by atoms with E-state index >= 15 is 0 Å². The molecule has 24 heavy (non-hydrogen) atoms. The Balaban J connectivity index is 0.00000144. The molecule has 1 aliphatic heterocycles. The van der Waals surface area contributed by atoms with Gasteiger partial charge in [0.05, 0.1) is 6.04 Å². The number of nitrogens with one attached hydrogen (secondary N) is 1. The van der Waals surface area contributed by atoms with E-state index in [0.717, 1.165) is 12.1 Å². The van der Waals surface area contributed by atoms with Crippen LogP contribution in [0.5, 0.6) is 0 Å². The highest BCUT2D eigenvalue weighted by atomic mass is 35.5. The van der Waals surface area contributed by atoms with Crippen LogP contribution in [0.4, 0.5) is 4.39 Å². The lowest BCUT2D eigenvalue weighted by Crippen LogP contribution is -2.48. The summed E-state index contributed by atoms with van der Waals surface area (Å²) in [5.74, 6) is -0.196. The van der Waals surface area contributed by atoms with Gasteiger partial charge < -0.3 is 10.2 Å². The van der Waals surface area contributed by atoms with Crippen molar-refractivity contribution < 1.29 is 9.18 Å². The fraction of sp³-hybridized carbons (Fsp3) is 0.375. The highest BCUT2D eigenvalue weighted by Crippen LogP contribution is 2.23. The number of hydrogen-bond donors (Lipinski definition) is 1. The number of nitrogens with zero attached hydrogens (tertiary/aromatic N) is 3. The lowest BCUT2D eigenvalue weighted by molar-refractivity contribution is -0.134. The molecular weight excluding hydrogens is 354 g/mol. The Kier molecular flexibility index (Phi) is 8.18. The molecule has 1 N–H and O–H groups in total. The third-order valence-corrected chi connectivity index (χ3v) is 3.91. The van der Waals surface area contributed by atoms with Crippen LogP contribution in [-0.4, -0.2) is 40.2 Å². The SMILES string of the molecule is Cl.Cl.O=C(CCn1cccn1)N1CCNCC1c1cccc(F)c1. The molecule has 8 heteroatoms. The Hall–Kier alpha value is -1.63. The molecule has 1 saturated heterocycles. The Bertz CT molecular complexity index is 639. The highest BCUT2D eigenvalue weighted by molar-refractivity contribution is 5.85. The van der Waals surface area contributed by atoms with Gasteiger partial charge in [0.15, 0.2) is 0 Å². The van der Waals surface area contributed by atoms with Gasteiger partial charge in [-0.3, -0.25) is 9.48 Å². The number of rotatable bonds is 4. The summed E-state index contributed by atoms with van der Waals surface area (Å²) in [5, 5.41) is 7.38. The molecule has 132 valence electrons. The number of halogens is 3. The predicted octanol–water partition coefficient (Wildman–Crippen LogP) is 2.43. The topological polar surface area (TPSA) is 50.2 Å². The first-order chi connectivity index (χ1) is 10.7. The molecule has 0 aliphatic carbocycles. The first kappa shape index (κ1) is 20.4. The summed E-state index contributed by atoms with van der Waals surface area (Å²) in [5.41, 5.74) is 0.833. The van der Waals surface area contributed by atoms with Crippen LogP contribution in [0, 0.1) is 5.82 Å². The monoisotopic (exact) mass is 374 g/mol. The van der Waals surface area contributed by atoms with Gasteiger partial charge in [0.25, 0.3) is 0 Å².